The van der Waals surface area contributed by atoms with Crippen LogP contribution in [0.4, 0.5) is 0 Å². The summed E-state index contributed by atoms with van der Waals surface area (Å²) in [7, 11) is 0. The van der Waals surface area contributed by atoms with Crippen LogP contribution in [0.15, 0.2) is 36.4 Å². The van der Waals surface area contributed by atoms with E-state index in [2.05, 4.69) is 41.0 Å². The minimum absolute atomic E-state index is 0.309. The summed E-state index contributed by atoms with van der Waals surface area (Å²) < 4.78 is 0. The summed E-state index contributed by atoms with van der Waals surface area (Å²) in [5, 5.41) is 1.19. The maximum absolute atomic E-state index is 12.3. The minimum Gasteiger partial charge on any atom is -0.340 e. The van der Waals surface area contributed by atoms with Crippen LogP contribution in [0.5, 0.6) is 0 Å². The lowest BCUT2D eigenvalue weighted by molar-refractivity contribution is -0.134. The van der Waals surface area contributed by atoms with Gasteiger partial charge in [0.25, 0.3) is 0 Å². The maximum atomic E-state index is 12.3. The van der Waals surface area contributed by atoms with Gasteiger partial charge in [0, 0.05) is 44.0 Å². The number of fused-ring (bicyclic) bond motifs is 1. The first-order valence-electron chi connectivity index (χ1n) is 8.56. The molecule has 1 aromatic heterocycles. The van der Waals surface area contributed by atoms with Crippen LogP contribution in [0.3, 0.4) is 0 Å². The third-order valence-corrected chi connectivity index (χ3v) is 5.15. The fraction of sp³-hybridized carbons (Fsp3) is 0.474. The van der Waals surface area contributed by atoms with Crippen LogP contribution in [0, 0.1) is 11.8 Å². The van der Waals surface area contributed by atoms with E-state index in [-0.39, 0.29) is 0 Å². The van der Waals surface area contributed by atoms with E-state index in [1.54, 1.807) is 0 Å². The normalized spacial score (nSPS) is 24.8. The Morgan fingerprint density at radius 2 is 1.87 bits per heavy atom. The van der Waals surface area contributed by atoms with Gasteiger partial charge in [0.1, 0.15) is 0 Å². The molecular formula is C19H23N3O. The highest BCUT2D eigenvalue weighted by molar-refractivity contribution is 5.81. The highest BCUT2D eigenvalue weighted by atomic mass is 16.2. The van der Waals surface area contributed by atoms with Crippen LogP contribution in [0.25, 0.3) is 10.9 Å². The molecule has 4 nitrogen and oxygen atoms in total. The van der Waals surface area contributed by atoms with Crippen molar-refractivity contribution in [3.05, 3.63) is 42.1 Å². The molecule has 120 valence electrons. The van der Waals surface area contributed by atoms with Gasteiger partial charge in [-0.3, -0.25) is 14.7 Å². The molecule has 0 spiro atoms. The number of pyridine rings is 1. The van der Waals surface area contributed by atoms with Crippen molar-refractivity contribution < 1.29 is 4.79 Å². The molecule has 2 fully saturated rings. The lowest BCUT2D eigenvalue weighted by Crippen LogP contribution is -2.48. The van der Waals surface area contributed by atoms with Crippen molar-refractivity contribution in [1.82, 2.24) is 14.8 Å². The Labute approximate surface area is 137 Å². The van der Waals surface area contributed by atoms with Crippen LogP contribution >= 0.6 is 0 Å². The predicted molar refractivity (Wildman–Crippen MR) is 90.9 cm³/mol. The number of piperazine rings is 1. The van der Waals surface area contributed by atoms with Crippen LogP contribution < -0.4 is 0 Å². The van der Waals surface area contributed by atoms with Gasteiger partial charge in [0.2, 0.25) is 5.91 Å². The van der Waals surface area contributed by atoms with Gasteiger partial charge >= 0.3 is 0 Å². The van der Waals surface area contributed by atoms with E-state index >= 15 is 0 Å². The lowest BCUT2D eigenvalue weighted by atomic mass is 10.2. The molecule has 23 heavy (non-hydrogen) atoms. The Hall–Kier alpha value is -1.94. The first-order valence-corrected chi connectivity index (χ1v) is 8.56. The second-order valence-electron chi connectivity index (χ2n) is 6.92. The van der Waals surface area contributed by atoms with Crippen LogP contribution in [0.2, 0.25) is 0 Å². The van der Waals surface area contributed by atoms with Crippen molar-refractivity contribution in [3.8, 4) is 0 Å². The molecule has 0 bridgehead atoms. The largest absolute Gasteiger partial charge is 0.340 e. The number of benzene rings is 1. The summed E-state index contributed by atoms with van der Waals surface area (Å²) in [4.78, 5) is 21.5. The Balaban J connectivity index is 1.36. The van der Waals surface area contributed by atoms with Gasteiger partial charge in [0.15, 0.2) is 0 Å². The van der Waals surface area contributed by atoms with Crippen molar-refractivity contribution >= 4 is 16.8 Å². The molecule has 1 aliphatic carbocycles. The quantitative estimate of drug-likeness (QED) is 0.874. The summed E-state index contributed by atoms with van der Waals surface area (Å²) >= 11 is 0. The summed E-state index contributed by atoms with van der Waals surface area (Å²) in [5.41, 5.74) is 2.17. The van der Waals surface area contributed by atoms with Crippen molar-refractivity contribution in [2.75, 3.05) is 26.2 Å². The van der Waals surface area contributed by atoms with Crippen LogP contribution in [-0.4, -0.2) is 46.9 Å². The molecule has 0 unspecified atom stereocenters. The molecule has 1 amide bonds. The molecule has 1 aliphatic heterocycles. The number of para-hydroxylation sites is 1. The first-order chi connectivity index (χ1) is 11.2. The van der Waals surface area contributed by atoms with Gasteiger partial charge in [-0.2, -0.15) is 0 Å². The number of nitrogens with zero attached hydrogens (tertiary/aromatic N) is 3. The van der Waals surface area contributed by atoms with Gasteiger partial charge in [-0.15, -0.1) is 0 Å². The number of rotatable bonds is 3. The SMILES string of the molecule is C[C@@H]1C[C@@H]1C(=O)N1CCN(Cc2ccc3ccccc3n2)CC1. The summed E-state index contributed by atoms with van der Waals surface area (Å²) in [5.74, 6) is 1.28. The Kier molecular flexibility index (Phi) is 3.77. The second-order valence-corrected chi connectivity index (χ2v) is 6.92. The van der Waals surface area contributed by atoms with E-state index in [4.69, 9.17) is 4.98 Å². The molecular weight excluding hydrogens is 286 g/mol. The van der Waals surface area contributed by atoms with Crippen LogP contribution in [-0.2, 0) is 11.3 Å². The number of carbonyl (C=O) groups is 1. The van der Waals surface area contributed by atoms with Gasteiger partial charge in [-0.25, -0.2) is 0 Å². The highest BCUT2D eigenvalue weighted by Crippen LogP contribution is 2.39. The highest BCUT2D eigenvalue weighted by Gasteiger charge is 2.41. The minimum atomic E-state index is 0.309. The molecule has 2 heterocycles. The Morgan fingerprint density at radius 3 is 2.61 bits per heavy atom. The fourth-order valence-electron chi connectivity index (χ4n) is 3.45. The molecule has 0 N–H and O–H groups in total. The molecule has 2 aliphatic rings. The molecule has 0 radical (unpaired) electrons. The van der Waals surface area contributed by atoms with E-state index < -0.39 is 0 Å². The second kappa shape index (κ2) is 5.93. The van der Waals surface area contributed by atoms with E-state index in [0.717, 1.165) is 50.4 Å². The van der Waals surface area contributed by atoms with Crippen LogP contribution in [0.1, 0.15) is 19.0 Å². The van der Waals surface area contributed by atoms with Gasteiger partial charge < -0.3 is 4.90 Å². The van der Waals surface area contributed by atoms with Crippen molar-refractivity contribution in [1.29, 1.82) is 0 Å². The summed E-state index contributed by atoms with van der Waals surface area (Å²) in [6, 6.07) is 12.5. The molecule has 1 saturated carbocycles. The lowest BCUT2D eigenvalue weighted by Gasteiger charge is -2.34. The average Bonchev–Trinajstić information content (AvgIpc) is 3.32. The average molecular weight is 309 g/mol. The monoisotopic (exact) mass is 309 g/mol. The van der Waals surface area contributed by atoms with E-state index in [9.17, 15) is 4.79 Å². The standard InChI is InChI=1S/C19H23N3O/c1-14-12-17(14)19(23)22-10-8-21(9-11-22)13-16-7-6-15-4-2-3-5-18(15)20-16/h2-7,14,17H,8-13H2,1H3/t14-,17+/m1/s1. The van der Waals surface area contributed by atoms with Gasteiger partial charge in [0.05, 0.1) is 11.2 Å². The number of hydrogen-bond acceptors (Lipinski definition) is 3. The number of aromatic nitrogens is 1. The van der Waals surface area contributed by atoms with Crippen molar-refractivity contribution in [2.45, 2.75) is 19.9 Å². The zero-order valence-corrected chi connectivity index (χ0v) is 13.6. The molecule has 1 aromatic carbocycles. The van der Waals surface area contributed by atoms with E-state index in [0.29, 0.717) is 17.7 Å². The van der Waals surface area contributed by atoms with E-state index in [1.165, 1.54) is 5.39 Å². The zero-order valence-electron chi connectivity index (χ0n) is 13.6. The first kappa shape index (κ1) is 14.6. The maximum Gasteiger partial charge on any atom is 0.226 e. The van der Waals surface area contributed by atoms with Gasteiger partial charge in [-0.05, 0) is 24.5 Å². The zero-order chi connectivity index (χ0) is 15.8. The summed E-state index contributed by atoms with van der Waals surface area (Å²) in [6.45, 7) is 6.64. The van der Waals surface area contributed by atoms with Crippen molar-refractivity contribution in [3.63, 3.8) is 0 Å². The Bertz CT molecular complexity index is 721. The molecule has 4 heteroatoms. The number of amides is 1. The van der Waals surface area contributed by atoms with Crippen molar-refractivity contribution in [2.24, 2.45) is 11.8 Å². The predicted octanol–water partition coefficient (Wildman–Crippen LogP) is 2.54. The Morgan fingerprint density at radius 1 is 1.13 bits per heavy atom. The topological polar surface area (TPSA) is 36.4 Å². The fourth-order valence-corrected chi connectivity index (χ4v) is 3.45. The molecule has 2 atom stereocenters. The van der Waals surface area contributed by atoms with Gasteiger partial charge in [-0.1, -0.05) is 31.2 Å². The third-order valence-electron chi connectivity index (χ3n) is 5.15. The third kappa shape index (κ3) is 3.08. The molecule has 1 saturated heterocycles. The smallest absolute Gasteiger partial charge is 0.226 e. The molecule has 2 aromatic rings. The number of hydrogen-bond donors (Lipinski definition) is 0. The summed E-state index contributed by atoms with van der Waals surface area (Å²) in [6.07, 6.45) is 1.08. The number of carbonyl (C=O) groups excluding carboxylic acids is 1. The molecule has 4 rings (SSSR count). The van der Waals surface area contributed by atoms with E-state index in [1.807, 2.05) is 12.1 Å².